The highest BCUT2D eigenvalue weighted by atomic mass is 19.1. The average molecular weight is 434 g/mol. The van der Waals surface area contributed by atoms with E-state index in [0.717, 1.165) is 11.1 Å². The molecular formula is C25H23FN2O4. The molecule has 164 valence electrons. The molecule has 0 aromatic heterocycles. The third kappa shape index (κ3) is 5.24. The Balaban J connectivity index is 1.31. The van der Waals surface area contributed by atoms with Gasteiger partial charge in [0.2, 0.25) is 6.10 Å². The van der Waals surface area contributed by atoms with Crippen molar-refractivity contribution in [1.29, 1.82) is 0 Å². The SMILES string of the molecule is COc1cc(CNC(=O)C2CC(c3cccc(F)c3)=NO2)ccc1OCc1ccccc1. The van der Waals surface area contributed by atoms with Gasteiger partial charge in [-0.15, -0.1) is 0 Å². The third-order valence-electron chi connectivity index (χ3n) is 5.05. The molecule has 1 unspecified atom stereocenters. The number of halogens is 1. The van der Waals surface area contributed by atoms with Crippen LogP contribution in [0.1, 0.15) is 23.1 Å². The van der Waals surface area contributed by atoms with E-state index in [0.29, 0.717) is 35.9 Å². The van der Waals surface area contributed by atoms with Crippen LogP contribution in [-0.4, -0.2) is 24.8 Å². The maximum absolute atomic E-state index is 13.4. The Labute approximate surface area is 185 Å². The first-order valence-electron chi connectivity index (χ1n) is 10.2. The van der Waals surface area contributed by atoms with Gasteiger partial charge in [-0.3, -0.25) is 4.79 Å². The van der Waals surface area contributed by atoms with Crippen molar-refractivity contribution in [1.82, 2.24) is 5.32 Å². The van der Waals surface area contributed by atoms with E-state index in [4.69, 9.17) is 14.3 Å². The summed E-state index contributed by atoms with van der Waals surface area (Å²) in [5.41, 5.74) is 3.07. The first-order valence-corrected chi connectivity index (χ1v) is 10.2. The van der Waals surface area contributed by atoms with Gasteiger partial charge < -0.3 is 19.6 Å². The zero-order valence-corrected chi connectivity index (χ0v) is 17.6. The smallest absolute Gasteiger partial charge is 0.264 e. The van der Waals surface area contributed by atoms with Crippen molar-refractivity contribution in [3.05, 3.63) is 95.3 Å². The molecule has 0 fully saturated rings. The third-order valence-corrected chi connectivity index (χ3v) is 5.05. The number of methoxy groups -OCH3 is 1. The number of hydrogen-bond donors (Lipinski definition) is 1. The van der Waals surface area contributed by atoms with Gasteiger partial charge in [-0.25, -0.2) is 4.39 Å². The fraction of sp³-hybridized carbons (Fsp3) is 0.200. The Bertz CT molecular complexity index is 1120. The predicted molar refractivity (Wildman–Crippen MR) is 118 cm³/mol. The zero-order chi connectivity index (χ0) is 22.3. The van der Waals surface area contributed by atoms with Gasteiger partial charge in [0.05, 0.1) is 12.8 Å². The number of rotatable bonds is 8. The lowest BCUT2D eigenvalue weighted by Gasteiger charge is -2.13. The number of nitrogens with zero attached hydrogens (tertiary/aromatic N) is 1. The van der Waals surface area contributed by atoms with Crippen molar-refractivity contribution >= 4 is 11.6 Å². The Morgan fingerprint density at radius 3 is 2.69 bits per heavy atom. The van der Waals surface area contributed by atoms with Crippen molar-refractivity contribution < 1.29 is 23.5 Å². The van der Waals surface area contributed by atoms with Crippen LogP contribution in [-0.2, 0) is 22.8 Å². The van der Waals surface area contributed by atoms with Crippen LogP contribution in [0.2, 0.25) is 0 Å². The highest BCUT2D eigenvalue weighted by Crippen LogP contribution is 2.29. The minimum Gasteiger partial charge on any atom is -0.493 e. The molecule has 0 spiro atoms. The van der Waals surface area contributed by atoms with Gasteiger partial charge in [-0.05, 0) is 35.4 Å². The van der Waals surface area contributed by atoms with Crippen LogP contribution in [0.25, 0.3) is 0 Å². The summed E-state index contributed by atoms with van der Waals surface area (Å²) in [5, 5.41) is 6.79. The predicted octanol–water partition coefficient (Wildman–Crippen LogP) is 4.22. The van der Waals surface area contributed by atoms with Crippen molar-refractivity contribution in [2.45, 2.75) is 25.7 Å². The number of ether oxygens (including phenoxy) is 2. The Morgan fingerprint density at radius 1 is 1.06 bits per heavy atom. The lowest BCUT2D eigenvalue weighted by Crippen LogP contribution is -2.34. The molecule has 0 radical (unpaired) electrons. The number of amides is 1. The van der Waals surface area contributed by atoms with Crippen LogP contribution in [0.15, 0.2) is 78.0 Å². The molecule has 1 aliphatic heterocycles. The second-order valence-electron chi connectivity index (χ2n) is 7.32. The fourth-order valence-corrected chi connectivity index (χ4v) is 3.34. The lowest BCUT2D eigenvalue weighted by molar-refractivity contribution is -0.131. The number of carbonyl (C=O) groups excluding carboxylic acids is 1. The van der Waals surface area contributed by atoms with Crippen LogP contribution in [0, 0.1) is 5.82 Å². The van der Waals surface area contributed by atoms with E-state index in [2.05, 4.69) is 10.5 Å². The van der Waals surface area contributed by atoms with Crippen LogP contribution >= 0.6 is 0 Å². The van der Waals surface area contributed by atoms with E-state index in [-0.39, 0.29) is 18.1 Å². The van der Waals surface area contributed by atoms with E-state index in [1.165, 1.54) is 12.1 Å². The molecule has 3 aromatic carbocycles. The largest absolute Gasteiger partial charge is 0.493 e. The molecule has 7 heteroatoms. The van der Waals surface area contributed by atoms with E-state index >= 15 is 0 Å². The second-order valence-corrected chi connectivity index (χ2v) is 7.32. The van der Waals surface area contributed by atoms with Crippen LogP contribution in [0.3, 0.4) is 0 Å². The monoisotopic (exact) mass is 434 g/mol. The molecule has 0 saturated carbocycles. The van der Waals surface area contributed by atoms with Gasteiger partial charge in [0.1, 0.15) is 12.4 Å². The molecule has 1 heterocycles. The molecule has 1 N–H and O–H groups in total. The summed E-state index contributed by atoms with van der Waals surface area (Å²) in [4.78, 5) is 17.8. The summed E-state index contributed by atoms with van der Waals surface area (Å²) >= 11 is 0. The maximum Gasteiger partial charge on any atom is 0.264 e. The number of benzene rings is 3. The zero-order valence-electron chi connectivity index (χ0n) is 17.6. The molecule has 1 aliphatic rings. The van der Waals surface area contributed by atoms with Crippen molar-refractivity contribution in [3.63, 3.8) is 0 Å². The van der Waals surface area contributed by atoms with Gasteiger partial charge >= 0.3 is 0 Å². The molecule has 0 bridgehead atoms. The van der Waals surface area contributed by atoms with E-state index in [1.54, 1.807) is 19.2 Å². The highest BCUT2D eigenvalue weighted by Gasteiger charge is 2.28. The maximum atomic E-state index is 13.4. The van der Waals surface area contributed by atoms with E-state index in [1.807, 2.05) is 48.5 Å². The van der Waals surface area contributed by atoms with Gasteiger partial charge in [-0.1, -0.05) is 53.7 Å². The van der Waals surface area contributed by atoms with Crippen molar-refractivity contribution in [3.8, 4) is 11.5 Å². The minimum absolute atomic E-state index is 0.283. The molecule has 0 saturated heterocycles. The van der Waals surface area contributed by atoms with Crippen LogP contribution < -0.4 is 14.8 Å². The number of hydrogen-bond acceptors (Lipinski definition) is 5. The van der Waals surface area contributed by atoms with Crippen molar-refractivity contribution in [2.24, 2.45) is 5.16 Å². The summed E-state index contributed by atoms with van der Waals surface area (Å²) in [6, 6.07) is 21.4. The topological polar surface area (TPSA) is 69.2 Å². The Hall–Kier alpha value is -3.87. The van der Waals surface area contributed by atoms with Crippen molar-refractivity contribution in [2.75, 3.05) is 7.11 Å². The van der Waals surface area contributed by atoms with E-state index < -0.39 is 6.10 Å². The summed E-state index contributed by atoms with van der Waals surface area (Å²) in [5.74, 6) is 0.562. The Kier molecular flexibility index (Phi) is 6.65. The van der Waals surface area contributed by atoms with Gasteiger partial charge in [0.25, 0.3) is 5.91 Å². The van der Waals surface area contributed by atoms with Gasteiger partial charge in [0.15, 0.2) is 11.5 Å². The highest BCUT2D eigenvalue weighted by molar-refractivity contribution is 6.04. The second kappa shape index (κ2) is 9.96. The Morgan fingerprint density at radius 2 is 1.91 bits per heavy atom. The van der Waals surface area contributed by atoms with Gasteiger partial charge in [-0.2, -0.15) is 0 Å². The number of oxime groups is 1. The van der Waals surface area contributed by atoms with Gasteiger partial charge in [0, 0.05) is 18.5 Å². The standard InChI is InChI=1S/C25H23FN2O4/c1-30-23-12-18(10-11-22(23)31-16-17-6-3-2-4-7-17)15-27-25(29)24-14-21(28-32-24)19-8-5-9-20(26)13-19/h2-13,24H,14-16H2,1H3,(H,27,29). The quantitative estimate of drug-likeness (QED) is 0.576. The molecule has 1 atom stereocenters. The number of carbonyl (C=O) groups is 1. The first-order chi connectivity index (χ1) is 15.6. The normalized spacial score (nSPS) is 14.9. The molecule has 32 heavy (non-hydrogen) atoms. The molecule has 3 aromatic rings. The number of nitrogens with one attached hydrogen (secondary N) is 1. The summed E-state index contributed by atoms with van der Waals surface area (Å²) in [6.07, 6.45) is -0.464. The fourth-order valence-electron chi connectivity index (χ4n) is 3.34. The molecular weight excluding hydrogens is 411 g/mol. The molecule has 0 aliphatic carbocycles. The summed E-state index contributed by atoms with van der Waals surface area (Å²) in [6.45, 7) is 0.725. The first kappa shape index (κ1) is 21.4. The van der Waals surface area contributed by atoms with E-state index in [9.17, 15) is 9.18 Å². The summed E-state index contributed by atoms with van der Waals surface area (Å²) < 4.78 is 24.7. The molecule has 6 nitrogen and oxygen atoms in total. The van der Waals surface area contributed by atoms with Crippen LogP contribution in [0.4, 0.5) is 4.39 Å². The molecule has 4 rings (SSSR count). The minimum atomic E-state index is -0.747. The van der Waals surface area contributed by atoms with Crippen LogP contribution in [0.5, 0.6) is 11.5 Å². The lowest BCUT2D eigenvalue weighted by atomic mass is 10.0. The molecule has 1 amide bonds. The summed E-state index contributed by atoms with van der Waals surface area (Å²) in [7, 11) is 1.57. The average Bonchev–Trinajstić information content (AvgIpc) is 3.33.